The van der Waals surface area contributed by atoms with Crippen LogP contribution in [0, 0.1) is 5.82 Å². The highest BCUT2D eigenvalue weighted by Crippen LogP contribution is 2.40. The standard InChI is InChI=1S/C12H16ClFO3S/c1-3-12(13,18(16,17)4-2)11(15)9-6-5-7-10(14)8-9/h5-8,11,15H,3-4H2,1-2H3. The molecule has 2 atom stereocenters. The molecule has 1 N–H and O–H groups in total. The van der Waals surface area contributed by atoms with Crippen LogP contribution in [0.3, 0.4) is 0 Å². The molecule has 0 aliphatic heterocycles. The van der Waals surface area contributed by atoms with Gasteiger partial charge in [-0.25, -0.2) is 12.8 Å². The van der Waals surface area contributed by atoms with Gasteiger partial charge in [0.2, 0.25) is 0 Å². The maximum absolute atomic E-state index is 13.1. The van der Waals surface area contributed by atoms with Crippen molar-refractivity contribution in [1.82, 2.24) is 0 Å². The van der Waals surface area contributed by atoms with Crippen LogP contribution in [-0.2, 0) is 9.84 Å². The van der Waals surface area contributed by atoms with E-state index in [-0.39, 0.29) is 17.7 Å². The summed E-state index contributed by atoms with van der Waals surface area (Å²) in [6.45, 7) is 3.03. The van der Waals surface area contributed by atoms with Gasteiger partial charge in [-0.1, -0.05) is 37.6 Å². The van der Waals surface area contributed by atoms with Gasteiger partial charge in [-0.2, -0.15) is 0 Å². The smallest absolute Gasteiger partial charge is 0.175 e. The third kappa shape index (κ3) is 2.68. The van der Waals surface area contributed by atoms with Crippen molar-refractivity contribution in [3.05, 3.63) is 35.6 Å². The van der Waals surface area contributed by atoms with E-state index in [4.69, 9.17) is 11.6 Å². The fraction of sp³-hybridized carbons (Fsp3) is 0.500. The van der Waals surface area contributed by atoms with Crippen LogP contribution >= 0.6 is 11.6 Å². The van der Waals surface area contributed by atoms with Gasteiger partial charge in [0.25, 0.3) is 0 Å². The van der Waals surface area contributed by atoms with Crippen LogP contribution < -0.4 is 0 Å². The zero-order chi connectivity index (χ0) is 14.0. The Morgan fingerprint density at radius 3 is 2.50 bits per heavy atom. The Balaban J connectivity index is 3.26. The lowest BCUT2D eigenvalue weighted by Gasteiger charge is -2.30. The molecule has 0 radical (unpaired) electrons. The van der Waals surface area contributed by atoms with Gasteiger partial charge in [-0.15, -0.1) is 0 Å². The van der Waals surface area contributed by atoms with Gasteiger partial charge in [0.05, 0.1) is 0 Å². The average Bonchev–Trinajstić information content (AvgIpc) is 2.36. The van der Waals surface area contributed by atoms with Crippen LogP contribution in [0.1, 0.15) is 31.9 Å². The fourth-order valence-corrected chi connectivity index (χ4v) is 3.60. The molecular formula is C12H16ClFO3S. The highest BCUT2D eigenvalue weighted by atomic mass is 35.5. The van der Waals surface area contributed by atoms with Crippen LogP contribution in [-0.4, -0.2) is 23.5 Å². The monoisotopic (exact) mass is 294 g/mol. The van der Waals surface area contributed by atoms with E-state index in [9.17, 15) is 17.9 Å². The molecule has 0 aromatic heterocycles. The molecule has 18 heavy (non-hydrogen) atoms. The van der Waals surface area contributed by atoms with Crippen LogP contribution in [0.15, 0.2) is 24.3 Å². The molecular weight excluding hydrogens is 279 g/mol. The molecule has 0 aliphatic rings. The van der Waals surface area contributed by atoms with Gasteiger partial charge < -0.3 is 5.11 Å². The molecule has 0 spiro atoms. The van der Waals surface area contributed by atoms with Gasteiger partial charge in [0, 0.05) is 5.75 Å². The van der Waals surface area contributed by atoms with Crippen LogP contribution in [0.25, 0.3) is 0 Å². The summed E-state index contributed by atoms with van der Waals surface area (Å²) in [5.74, 6) is -0.730. The third-order valence-corrected chi connectivity index (χ3v) is 6.44. The summed E-state index contributed by atoms with van der Waals surface area (Å²) in [5.41, 5.74) is 0.156. The molecule has 0 saturated heterocycles. The van der Waals surface area contributed by atoms with Gasteiger partial charge in [-0.05, 0) is 24.1 Å². The Bertz CT molecular complexity index is 518. The molecule has 1 aromatic rings. The second-order valence-corrected chi connectivity index (χ2v) is 7.43. The van der Waals surface area contributed by atoms with E-state index in [0.29, 0.717) is 0 Å². The summed E-state index contributed by atoms with van der Waals surface area (Å²) in [6.07, 6.45) is -1.44. The molecule has 2 unspecified atom stereocenters. The number of rotatable bonds is 5. The first kappa shape index (κ1) is 15.4. The van der Waals surface area contributed by atoms with E-state index >= 15 is 0 Å². The molecule has 1 rings (SSSR count). The normalized spacial score (nSPS) is 17.2. The second-order valence-electron chi connectivity index (χ2n) is 4.00. The first-order chi connectivity index (χ1) is 8.28. The zero-order valence-corrected chi connectivity index (χ0v) is 11.8. The molecule has 6 heteroatoms. The van der Waals surface area contributed by atoms with Crippen LogP contribution in [0.2, 0.25) is 0 Å². The van der Waals surface area contributed by atoms with E-state index in [2.05, 4.69) is 0 Å². The quantitative estimate of drug-likeness (QED) is 0.850. The number of aliphatic hydroxyl groups is 1. The van der Waals surface area contributed by atoms with Crippen LogP contribution in [0.5, 0.6) is 0 Å². The number of hydrogen-bond acceptors (Lipinski definition) is 3. The minimum Gasteiger partial charge on any atom is -0.385 e. The Morgan fingerprint density at radius 1 is 1.44 bits per heavy atom. The average molecular weight is 295 g/mol. The number of halogens is 2. The van der Waals surface area contributed by atoms with Crippen molar-refractivity contribution in [2.24, 2.45) is 0 Å². The molecule has 3 nitrogen and oxygen atoms in total. The second kappa shape index (κ2) is 5.55. The van der Waals surface area contributed by atoms with Crippen molar-refractivity contribution in [1.29, 1.82) is 0 Å². The van der Waals surface area contributed by atoms with E-state index < -0.39 is 26.0 Å². The molecule has 0 saturated carbocycles. The van der Waals surface area contributed by atoms with Crippen molar-refractivity contribution in [2.45, 2.75) is 30.6 Å². The fourth-order valence-electron chi connectivity index (χ4n) is 1.75. The molecule has 102 valence electrons. The van der Waals surface area contributed by atoms with Gasteiger partial charge >= 0.3 is 0 Å². The first-order valence-corrected chi connectivity index (χ1v) is 7.66. The lowest BCUT2D eigenvalue weighted by Crippen LogP contribution is -2.39. The van der Waals surface area contributed by atoms with E-state index in [0.717, 1.165) is 6.07 Å². The van der Waals surface area contributed by atoms with Crippen molar-refractivity contribution in [3.8, 4) is 0 Å². The maximum atomic E-state index is 13.1. The molecule has 1 aromatic carbocycles. The largest absolute Gasteiger partial charge is 0.385 e. The first-order valence-electron chi connectivity index (χ1n) is 5.63. The Hall–Kier alpha value is -0.650. The topological polar surface area (TPSA) is 54.4 Å². The number of hydrogen-bond donors (Lipinski definition) is 1. The summed E-state index contributed by atoms with van der Waals surface area (Å²) in [5, 5.41) is 10.2. The zero-order valence-electron chi connectivity index (χ0n) is 10.2. The highest BCUT2D eigenvalue weighted by Gasteiger charge is 2.46. The van der Waals surface area contributed by atoms with Crippen molar-refractivity contribution in [2.75, 3.05) is 5.75 Å². The molecule has 0 fully saturated rings. The highest BCUT2D eigenvalue weighted by molar-refractivity contribution is 7.94. The summed E-state index contributed by atoms with van der Waals surface area (Å²) < 4.78 is 35.2. The lowest BCUT2D eigenvalue weighted by molar-refractivity contribution is 0.154. The van der Waals surface area contributed by atoms with E-state index in [1.165, 1.54) is 25.1 Å². The Labute approximate surface area is 112 Å². The Morgan fingerprint density at radius 2 is 2.06 bits per heavy atom. The maximum Gasteiger partial charge on any atom is 0.175 e. The minimum atomic E-state index is -3.68. The summed E-state index contributed by atoms with van der Waals surface area (Å²) in [4.78, 5) is 0. The number of aliphatic hydroxyl groups excluding tert-OH is 1. The minimum absolute atomic E-state index is 0.0302. The Kier molecular flexibility index (Phi) is 4.75. The summed E-state index contributed by atoms with van der Waals surface area (Å²) in [7, 11) is -3.68. The molecule has 0 amide bonds. The van der Waals surface area contributed by atoms with Crippen molar-refractivity contribution in [3.63, 3.8) is 0 Å². The predicted octanol–water partition coefficient (Wildman–Crippen LogP) is 2.64. The van der Waals surface area contributed by atoms with Gasteiger partial charge in [0.1, 0.15) is 11.9 Å². The summed E-state index contributed by atoms with van der Waals surface area (Å²) in [6, 6.07) is 5.15. The number of alkyl halides is 1. The van der Waals surface area contributed by atoms with Crippen molar-refractivity contribution < 1.29 is 17.9 Å². The molecule has 0 bridgehead atoms. The number of benzene rings is 1. The SMILES string of the molecule is CCC(Cl)(C(O)c1cccc(F)c1)S(=O)(=O)CC. The third-order valence-electron chi connectivity index (χ3n) is 2.95. The predicted molar refractivity (Wildman–Crippen MR) is 69.7 cm³/mol. The molecule has 0 aliphatic carbocycles. The number of sulfone groups is 1. The lowest BCUT2D eigenvalue weighted by atomic mass is 10.0. The van der Waals surface area contributed by atoms with Crippen molar-refractivity contribution >= 4 is 21.4 Å². The van der Waals surface area contributed by atoms with Gasteiger partial charge in [0.15, 0.2) is 14.0 Å². The van der Waals surface area contributed by atoms with Crippen LogP contribution in [0.4, 0.5) is 4.39 Å². The van der Waals surface area contributed by atoms with Gasteiger partial charge in [-0.3, -0.25) is 0 Å². The summed E-state index contributed by atoms with van der Waals surface area (Å²) >= 11 is 6.09. The van der Waals surface area contributed by atoms with E-state index in [1.54, 1.807) is 6.92 Å². The van der Waals surface area contributed by atoms with E-state index in [1.807, 2.05) is 0 Å². The molecule has 0 heterocycles.